The number of carbonyl (C=O) groups is 1. The van der Waals surface area contributed by atoms with Crippen molar-refractivity contribution >= 4 is 11.7 Å². The van der Waals surface area contributed by atoms with E-state index in [1.165, 1.54) is 0 Å². The number of aryl methyl sites for hydroxylation is 2. The molecule has 0 radical (unpaired) electrons. The first kappa shape index (κ1) is 17.2. The molecule has 2 amide bonds. The van der Waals surface area contributed by atoms with Gasteiger partial charge in [0.05, 0.1) is 5.69 Å². The maximum Gasteiger partial charge on any atom is 0.322 e. The molecule has 3 aromatic rings. The van der Waals surface area contributed by atoms with Gasteiger partial charge in [0, 0.05) is 30.9 Å². The quantitative estimate of drug-likeness (QED) is 0.757. The number of carbonyl (C=O) groups excluding carboxylic acids is 1. The molecule has 1 aromatic carbocycles. The summed E-state index contributed by atoms with van der Waals surface area (Å²) in [6.45, 7) is 4.45. The minimum absolute atomic E-state index is 0.163. The fourth-order valence-corrected chi connectivity index (χ4v) is 3.41. The molecule has 138 valence electrons. The summed E-state index contributed by atoms with van der Waals surface area (Å²) in [7, 11) is 0. The molecular weight excluding hydrogens is 342 g/mol. The predicted octanol–water partition coefficient (Wildman–Crippen LogP) is 4.12. The summed E-state index contributed by atoms with van der Waals surface area (Å²) < 4.78 is 5.54. The number of urea groups is 1. The lowest BCUT2D eigenvalue weighted by molar-refractivity contribution is 0.197. The zero-order valence-electron chi connectivity index (χ0n) is 15.3. The van der Waals surface area contributed by atoms with Crippen molar-refractivity contribution in [2.45, 2.75) is 32.7 Å². The highest BCUT2D eigenvalue weighted by Crippen LogP contribution is 2.32. The van der Waals surface area contributed by atoms with Gasteiger partial charge in [-0.3, -0.25) is 4.98 Å². The van der Waals surface area contributed by atoms with Gasteiger partial charge in [-0.2, -0.15) is 0 Å². The smallest absolute Gasteiger partial charge is 0.322 e. The lowest BCUT2D eigenvalue weighted by Crippen LogP contribution is -2.34. The van der Waals surface area contributed by atoms with Gasteiger partial charge in [-0.15, -0.1) is 10.2 Å². The van der Waals surface area contributed by atoms with E-state index in [1.54, 1.807) is 18.0 Å². The molecule has 1 atom stereocenters. The third kappa shape index (κ3) is 3.53. The molecule has 0 unspecified atom stereocenters. The molecule has 1 aliphatic rings. The molecule has 0 saturated carbocycles. The number of benzene rings is 1. The number of pyridine rings is 1. The summed E-state index contributed by atoms with van der Waals surface area (Å²) in [5, 5.41) is 11.0. The normalized spacial score (nSPS) is 16.5. The summed E-state index contributed by atoms with van der Waals surface area (Å²) in [6.07, 6.45) is 3.50. The van der Waals surface area contributed by atoms with Gasteiger partial charge < -0.3 is 14.6 Å². The number of likely N-dealkylation sites (tertiary alicyclic amines) is 1. The van der Waals surface area contributed by atoms with Crippen LogP contribution in [0.3, 0.4) is 0 Å². The third-order valence-electron chi connectivity index (χ3n) is 4.77. The molecule has 0 spiro atoms. The Bertz CT molecular complexity index is 954. The number of hydrogen-bond acceptors (Lipinski definition) is 5. The van der Waals surface area contributed by atoms with E-state index in [9.17, 15) is 4.79 Å². The predicted molar refractivity (Wildman–Crippen MR) is 101 cm³/mol. The molecule has 27 heavy (non-hydrogen) atoms. The maximum atomic E-state index is 12.8. The van der Waals surface area contributed by atoms with Gasteiger partial charge in [-0.05, 0) is 49.6 Å². The third-order valence-corrected chi connectivity index (χ3v) is 4.77. The Kier molecular flexibility index (Phi) is 4.58. The summed E-state index contributed by atoms with van der Waals surface area (Å²) in [5.41, 5.74) is 3.72. The van der Waals surface area contributed by atoms with E-state index in [2.05, 4.69) is 20.5 Å². The van der Waals surface area contributed by atoms with Gasteiger partial charge >= 0.3 is 6.03 Å². The molecular formula is C20H21N5O2. The second-order valence-corrected chi connectivity index (χ2v) is 6.69. The number of nitrogens with one attached hydrogen (secondary N) is 1. The van der Waals surface area contributed by atoms with Gasteiger partial charge in [-0.1, -0.05) is 12.1 Å². The summed E-state index contributed by atoms with van der Waals surface area (Å²) in [6, 6.07) is 11.3. The first-order valence-electron chi connectivity index (χ1n) is 9.01. The van der Waals surface area contributed by atoms with Gasteiger partial charge in [0.15, 0.2) is 0 Å². The molecule has 4 rings (SSSR count). The molecule has 1 aliphatic heterocycles. The Morgan fingerprint density at radius 3 is 2.85 bits per heavy atom. The molecule has 7 heteroatoms. The highest BCUT2D eigenvalue weighted by Gasteiger charge is 2.33. The average molecular weight is 363 g/mol. The SMILES string of the molecule is Cc1nnc([C@@H]2CCCN2C(=O)Nc2ccc(C)c(-c3ccccn3)c2)o1. The lowest BCUT2D eigenvalue weighted by atomic mass is 10.0. The number of rotatable bonds is 3. The number of aromatic nitrogens is 3. The van der Waals surface area contributed by atoms with E-state index >= 15 is 0 Å². The Morgan fingerprint density at radius 2 is 2.11 bits per heavy atom. The van der Waals surface area contributed by atoms with Crippen molar-refractivity contribution < 1.29 is 9.21 Å². The Balaban J connectivity index is 1.54. The van der Waals surface area contributed by atoms with Crippen molar-refractivity contribution in [1.29, 1.82) is 0 Å². The average Bonchev–Trinajstić information content (AvgIpc) is 3.33. The van der Waals surface area contributed by atoms with Crippen molar-refractivity contribution in [2.24, 2.45) is 0 Å². The molecule has 2 aromatic heterocycles. The van der Waals surface area contributed by atoms with Crippen LogP contribution in [0, 0.1) is 13.8 Å². The van der Waals surface area contributed by atoms with Crippen LogP contribution in [0.25, 0.3) is 11.3 Å². The summed E-state index contributed by atoms with van der Waals surface area (Å²) >= 11 is 0. The van der Waals surface area contributed by atoms with E-state index in [4.69, 9.17) is 4.42 Å². The molecule has 3 heterocycles. The van der Waals surface area contributed by atoms with Crippen LogP contribution in [-0.2, 0) is 0 Å². The van der Waals surface area contributed by atoms with E-state index < -0.39 is 0 Å². The minimum Gasteiger partial charge on any atom is -0.423 e. The topological polar surface area (TPSA) is 84.2 Å². The van der Waals surface area contributed by atoms with Crippen LogP contribution in [0.15, 0.2) is 47.0 Å². The number of amides is 2. The van der Waals surface area contributed by atoms with Crippen molar-refractivity contribution in [3.05, 3.63) is 59.9 Å². The van der Waals surface area contributed by atoms with Gasteiger partial charge in [0.1, 0.15) is 6.04 Å². The molecule has 1 fully saturated rings. The van der Waals surface area contributed by atoms with Crippen molar-refractivity contribution in [3.8, 4) is 11.3 Å². The highest BCUT2D eigenvalue weighted by molar-refractivity contribution is 5.90. The minimum atomic E-state index is -0.174. The summed E-state index contributed by atoms with van der Waals surface area (Å²) in [4.78, 5) is 19.0. The summed E-state index contributed by atoms with van der Waals surface area (Å²) in [5.74, 6) is 1.01. The molecule has 1 N–H and O–H groups in total. The van der Waals surface area contributed by atoms with Crippen LogP contribution in [0.5, 0.6) is 0 Å². The molecule has 1 saturated heterocycles. The number of nitrogens with zero attached hydrogens (tertiary/aromatic N) is 4. The van der Waals surface area contributed by atoms with Gasteiger partial charge in [0.2, 0.25) is 11.8 Å². The standard InChI is InChI=1S/C20H21N5O2/c1-13-8-9-15(12-16(13)17-6-3-4-10-21-17)22-20(26)25-11-5-7-18(25)19-24-23-14(2)27-19/h3-4,6,8-10,12,18H,5,7,11H2,1-2H3,(H,22,26)/t18-/m0/s1. The monoisotopic (exact) mass is 363 g/mol. The second kappa shape index (κ2) is 7.19. The van der Waals surface area contributed by atoms with Crippen LogP contribution < -0.4 is 5.32 Å². The second-order valence-electron chi connectivity index (χ2n) is 6.69. The van der Waals surface area contributed by atoms with Gasteiger partial charge in [-0.25, -0.2) is 4.79 Å². The first-order chi connectivity index (χ1) is 13.1. The van der Waals surface area contributed by atoms with Crippen LogP contribution in [0.4, 0.5) is 10.5 Å². The highest BCUT2D eigenvalue weighted by atomic mass is 16.4. The van der Waals surface area contributed by atoms with E-state index in [0.29, 0.717) is 18.3 Å². The largest absolute Gasteiger partial charge is 0.423 e. The Hall–Kier alpha value is -3.22. The molecule has 0 bridgehead atoms. The fourth-order valence-electron chi connectivity index (χ4n) is 3.41. The Labute approximate surface area is 157 Å². The van der Waals surface area contributed by atoms with E-state index in [0.717, 1.165) is 35.3 Å². The van der Waals surface area contributed by atoms with Crippen LogP contribution in [-0.4, -0.2) is 32.7 Å². The lowest BCUT2D eigenvalue weighted by Gasteiger charge is -2.22. The molecule has 7 nitrogen and oxygen atoms in total. The Morgan fingerprint density at radius 1 is 1.22 bits per heavy atom. The van der Waals surface area contributed by atoms with Crippen molar-refractivity contribution in [1.82, 2.24) is 20.1 Å². The first-order valence-corrected chi connectivity index (χ1v) is 9.01. The van der Waals surface area contributed by atoms with Crippen molar-refractivity contribution in [3.63, 3.8) is 0 Å². The maximum absolute atomic E-state index is 12.8. The zero-order chi connectivity index (χ0) is 18.8. The van der Waals surface area contributed by atoms with E-state index in [1.807, 2.05) is 43.3 Å². The molecule has 0 aliphatic carbocycles. The fraction of sp³-hybridized carbons (Fsp3) is 0.300. The van der Waals surface area contributed by atoms with Crippen LogP contribution in [0.1, 0.15) is 36.2 Å². The van der Waals surface area contributed by atoms with Crippen LogP contribution >= 0.6 is 0 Å². The van der Waals surface area contributed by atoms with E-state index in [-0.39, 0.29) is 12.1 Å². The van der Waals surface area contributed by atoms with Crippen LogP contribution in [0.2, 0.25) is 0 Å². The zero-order valence-corrected chi connectivity index (χ0v) is 15.3. The number of anilines is 1. The van der Waals surface area contributed by atoms with Gasteiger partial charge in [0.25, 0.3) is 0 Å². The van der Waals surface area contributed by atoms with Crippen molar-refractivity contribution in [2.75, 3.05) is 11.9 Å². The number of hydrogen-bond donors (Lipinski definition) is 1.